The monoisotopic (exact) mass is 261 g/mol. The molecule has 18 heavy (non-hydrogen) atoms. The Morgan fingerprint density at radius 2 is 1.72 bits per heavy atom. The molecule has 0 aliphatic carbocycles. The predicted octanol–water partition coefficient (Wildman–Crippen LogP) is 2.58. The van der Waals surface area contributed by atoms with Gasteiger partial charge in [0, 0.05) is 0 Å². The van der Waals surface area contributed by atoms with Crippen molar-refractivity contribution in [3.63, 3.8) is 0 Å². The van der Waals surface area contributed by atoms with Crippen LogP contribution >= 0.6 is 0 Å². The molecule has 0 unspecified atom stereocenters. The van der Waals surface area contributed by atoms with Crippen molar-refractivity contribution >= 4 is 21.2 Å². The highest BCUT2D eigenvalue weighted by Crippen LogP contribution is 2.43. The maximum absolute atomic E-state index is 12.6. The van der Waals surface area contributed by atoms with Gasteiger partial charge in [-0.2, -0.15) is 0 Å². The minimum absolute atomic E-state index is 0.200. The Balaban J connectivity index is 2.37. The van der Waals surface area contributed by atoms with Crippen LogP contribution in [0, 0.1) is 0 Å². The van der Waals surface area contributed by atoms with Crippen LogP contribution in [0.1, 0.15) is 0 Å². The third kappa shape index (κ3) is 1.41. The van der Waals surface area contributed by atoms with E-state index in [9.17, 15) is 8.42 Å². The first-order chi connectivity index (χ1) is 8.64. The van der Waals surface area contributed by atoms with Crippen molar-refractivity contribution in [2.75, 3.05) is 12.4 Å². The average molecular weight is 261 g/mol. The van der Waals surface area contributed by atoms with E-state index in [4.69, 9.17) is 4.74 Å². The minimum Gasteiger partial charge on any atom is -0.495 e. The zero-order valence-corrected chi connectivity index (χ0v) is 10.5. The Kier molecular flexibility index (Phi) is 2.31. The van der Waals surface area contributed by atoms with E-state index >= 15 is 0 Å². The summed E-state index contributed by atoms with van der Waals surface area (Å²) in [4.78, 5) is 0.480. The van der Waals surface area contributed by atoms with Crippen LogP contribution in [0.25, 0.3) is 0 Å². The van der Waals surface area contributed by atoms with Crippen molar-refractivity contribution in [1.29, 1.82) is 0 Å². The van der Waals surface area contributed by atoms with E-state index in [0.717, 1.165) is 0 Å². The molecule has 1 N–H and O–H groups in total. The lowest BCUT2D eigenvalue weighted by atomic mass is 10.2. The van der Waals surface area contributed by atoms with Crippen LogP contribution in [0.3, 0.4) is 0 Å². The molecule has 1 aliphatic heterocycles. The van der Waals surface area contributed by atoms with Crippen LogP contribution in [-0.4, -0.2) is 15.5 Å². The first kappa shape index (κ1) is 11.1. The molecule has 0 saturated carbocycles. The number of anilines is 2. The maximum atomic E-state index is 12.6. The zero-order chi connectivity index (χ0) is 12.8. The second-order valence-corrected chi connectivity index (χ2v) is 5.82. The van der Waals surface area contributed by atoms with Crippen molar-refractivity contribution in [3.05, 3.63) is 42.5 Å². The molecule has 0 atom stereocenters. The smallest absolute Gasteiger partial charge is 0.214 e. The van der Waals surface area contributed by atoms with Crippen molar-refractivity contribution in [2.24, 2.45) is 0 Å². The normalized spacial score (nSPS) is 15.2. The highest BCUT2D eigenvalue weighted by Gasteiger charge is 2.32. The molecule has 0 bridgehead atoms. The fourth-order valence-electron chi connectivity index (χ4n) is 2.11. The summed E-state index contributed by atoms with van der Waals surface area (Å²) in [5, 5.41) is 3.11. The van der Waals surface area contributed by atoms with Gasteiger partial charge < -0.3 is 10.1 Å². The molecule has 5 heteroatoms. The van der Waals surface area contributed by atoms with Gasteiger partial charge in [-0.05, 0) is 24.3 Å². The molecule has 0 aromatic heterocycles. The molecule has 4 nitrogen and oxygen atoms in total. The highest BCUT2D eigenvalue weighted by atomic mass is 32.2. The first-order valence-corrected chi connectivity index (χ1v) is 6.91. The molecular weight excluding hydrogens is 250 g/mol. The van der Waals surface area contributed by atoms with Crippen LogP contribution in [-0.2, 0) is 9.84 Å². The van der Waals surface area contributed by atoms with Crippen molar-refractivity contribution in [1.82, 2.24) is 0 Å². The molecule has 0 fully saturated rings. The number of rotatable bonds is 1. The summed E-state index contributed by atoms with van der Waals surface area (Å²) >= 11 is 0. The van der Waals surface area contributed by atoms with Gasteiger partial charge in [-0.3, -0.25) is 0 Å². The van der Waals surface area contributed by atoms with Gasteiger partial charge in [0.25, 0.3) is 0 Å². The second-order valence-electron chi connectivity index (χ2n) is 3.96. The Morgan fingerprint density at radius 3 is 2.50 bits per heavy atom. The van der Waals surface area contributed by atoms with Gasteiger partial charge in [0.2, 0.25) is 9.84 Å². The third-order valence-electron chi connectivity index (χ3n) is 2.91. The zero-order valence-electron chi connectivity index (χ0n) is 9.67. The van der Waals surface area contributed by atoms with Gasteiger partial charge in [-0.15, -0.1) is 0 Å². The third-order valence-corrected chi connectivity index (χ3v) is 4.81. The van der Waals surface area contributed by atoms with Gasteiger partial charge in [-0.1, -0.05) is 18.2 Å². The summed E-state index contributed by atoms with van der Waals surface area (Å²) in [6.45, 7) is 0. The van der Waals surface area contributed by atoms with E-state index in [-0.39, 0.29) is 9.79 Å². The van der Waals surface area contributed by atoms with Crippen molar-refractivity contribution in [3.8, 4) is 5.75 Å². The fraction of sp³-hybridized carbons (Fsp3) is 0.0769. The molecule has 2 aromatic carbocycles. The van der Waals surface area contributed by atoms with E-state index < -0.39 is 9.84 Å². The Bertz CT molecular complexity index is 723. The number of benzene rings is 2. The molecule has 3 rings (SSSR count). The number of ether oxygens (including phenoxy) is 1. The number of hydrogen-bond acceptors (Lipinski definition) is 4. The Morgan fingerprint density at radius 1 is 1.00 bits per heavy atom. The van der Waals surface area contributed by atoms with Gasteiger partial charge in [0.15, 0.2) is 0 Å². The molecule has 2 aromatic rings. The molecule has 0 radical (unpaired) electrons. The minimum atomic E-state index is -3.53. The van der Waals surface area contributed by atoms with Crippen LogP contribution in [0.5, 0.6) is 5.75 Å². The molecule has 1 heterocycles. The second kappa shape index (κ2) is 3.74. The number of para-hydroxylation sites is 1. The van der Waals surface area contributed by atoms with E-state index in [1.165, 1.54) is 7.11 Å². The lowest BCUT2D eigenvalue weighted by molar-refractivity contribution is 0.403. The SMILES string of the molecule is COc1cccc2c1S(=O)(=O)c1ccccc1N2. The summed E-state index contributed by atoms with van der Waals surface area (Å²) in [6, 6.07) is 12.0. The van der Waals surface area contributed by atoms with Crippen molar-refractivity contribution in [2.45, 2.75) is 9.79 Å². The Labute approximate surface area is 105 Å². The molecule has 0 saturated heterocycles. The van der Waals surface area contributed by atoms with Crippen LogP contribution < -0.4 is 10.1 Å². The largest absolute Gasteiger partial charge is 0.495 e. The van der Waals surface area contributed by atoms with Gasteiger partial charge in [0.1, 0.15) is 10.6 Å². The molecular formula is C13H11NO3S. The van der Waals surface area contributed by atoms with Crippen molar-refractivity contribution < 1.29 is 13.2 Å². The van der Waals surface area contributed by atoms with Crippen LogP contribution in [0.4, 0.5) is 11.4 Å². The number of fused-ring (bicyclic) bond motifs is 2. The van der Waals surface area contributed by atoms with Crippen LogP contribution in [0.2, 0.25) is 0 Å². The van der Waals surface area contributed by atoms with E-state index in [2.05, 4.69) is 5.32 Å². The molecule has 0 amide bonds. The number of sulfone groups is 1. The van der Waals surface area contributed by atoms with E-state index in [1.807, 2.05) is 0 Å². The van der Waals surface area contributed by atoms with Gasteiger partial charge in [0.05, 0.1) is 23.4 Å². The fourth-order valence-corrected chi connectivity index (χ4v) is 3.82. The summed E-state index contributed by atoms with van der Waals surface area (Å²) < 4.78 is 30.3. The standard InChI is InChI=1S/C13H11NO3S/c1-17-11-7-4-6-10-13(11)18(15,16)12-8-3-2-5-9(12)14-10/h2-8,14H,1H3. The number of methoxy groups -OCH3 is 1. The average Bonchev–Trinajstić information content (AvgIpc) is 2.38. The van der Waals surface area contributed by atoms with Gasteiger partial charge >= 0.3 is 0 Å². The Hall–Kier alpha value is -2.01. The summed E-state index contributed by atoms with van der Waals surface area (Å²) in [5.74, 6) is 0.356. The lowest BCUT2D eigenvalue weighted by Crippen LogP contribution is -2.14. The molecule has 0 spiro atoms. The maximum Gasteiger partial charge on any atom is 0.214 e. The number of hydrogen-bond donors (Lipinski definition) is 1. The quantitative estimate of drug-likeness (QED) is 0.731. The molecule has 1 aliphatic rings. The van der Waals surface area contributed by atoms with Gasteiger partial charge in [-0.25, -0.2) is 8.42 Å². The first-order valence-electron chi connectivity index (χ1n) is 5.43. The van der Waals surface area contributed by atoms with E-state index in [0.29, 0.717) is 17.1 Å². The predicted molar refractivity (Wildman–Crippen MR) is 68.2 cm³/mol. The lowest BCUT2D eigenvalue weighted by Gasteiger charge is -2.22. The number of nitrogens with one attached hydrogen (secondary N) is 1. The summed E-state index contributed by atoms with van der Waals surface area (Å²) in [6.07, 6.45) is 0. The molecule has 92 valence electrons. The highest BCUT2D eigenvalue weighted by molar-refractivity contribution is 7.92. The summed E-state index contributed by atoms with van der Waals surface area (Å²) in [5.41, 5.74) is 1.14. The van der Waals surface area contributed by atoms with E-state index in [1.54, 1.807) is 42.5 Å². The van der Waals surface area contributed by atoms with Crippen LogP contribution in [0.15, 0.2) is 52.3 Å². The summed E-state index contributed by atoms with van der Waals surface area (Å²) in [7, 11) is -2.07. The topological polar surface area (TPSA) is 55.4 Å².